The lowest BCUT2D eigenvalue weighted by Gasteiger charge is -2.38. The molecule has 2 N–H and O–H groups in total. The zero-order valence-electron chi connectivity index (χ0n) is 15.0. The van der Waals surface area contributed by atoms with E-state index in [0.717, 1.165) is 28.2 Å². The van der Waals surface area contributed by atoms with Crippen molar-refractivity contribution in [1.29, 1.82) is 0 Å². The first-order chi connectivity index (χ1) is 13.5. The van der Waals surface area contributed by atoms with Crippen molar-refractivity contribution in [2.45, 2.75) is 18.3 Å². The molecule has 1 aliphatic rings. The predicted molar refractivity (Wildman–Crippen MR) is 117 cm³/mol. The molecule has 0 unspecified atom stereocenters. The Bertz CT molecular complexity index is 1030. The molecular weight excluding hydrogens is 463 g/mol. The zero-order valence-corrected chi connectivity index (χ0v) is 18.1. The number of halogens is 3. The van der Waals surface area contributed by atoms with Gasteiger partial charge in [0.2, 0.25) is 0 Å². The van der Waals surface area contributed by atoms with Crippen molar-refractivity contribution in [2.75, 3.05) is 19.8 Å². The van der Waals surface area contributed by atoms with Gasteiger partial charge in [-0.3, -0.25) is 4.79 Å². The van der Waals surface area contributed by atoms with E-state index in [4.69, 9.17) is 27.9 Å². The summed E-state index contributed by atoms with van der Waals surface area (Å²) in [6.45, 7) is 1.86. The van der Waals surface area contributed by atoms with Gasteiger partial charge in [0.05, 0.1) is 5.02 Å². The van der Waals surface area contributed by atoms with E-state index < -0.39 is 0 Å². The van der Waals surface area contributed by atoms with Crippen LogP contribution in [-0.2, 0) is 10.2 Å². The molecule has 4 rings (SSSR count). The van der Waals surface area contributed by atoms with Crippen LogP contribution in [-0.4, -0.2) is 30.6 Å². The first-order valence-electron chi connectivity index (χ1n) is 9.07. The molecule has 0 atom stereocenters. The van der Waals surface area contributed by atoms with Gasteiger partial charge in [-0.2, -0.15) is 0 Å². The molecule has 0 aliphatic carbocycles. The van der Waals surface area contributed by atoms with Gasteiger partial charge in [-0.25, -0.2) is 0 Å². The van der Waals surface area contributed by atoms with Gasteiger partial charge in [-0.05, 0) is 48.7 Å². The minimum Gasteiger partial charge on any atom is -0.381 e. The SMILES string of the molecule is O=C(NCC1(c2cccc(Br)c2)CCOCC1)c1[nH]c2ccc(Cl)cc2c1Cl. The molecule has 3 aromatic rings. The minimum absolute atomic E-state index is 0.167. The second-order valence-electron chi connectivity index (χ2n) is 7.09. The Labute approximate surface area is 181 Å². The normalized spacial score (nSPS) is 16.2. The van der Waals surface area contributed by atoms with Crippen LogP contribution in [0.5, 0.6) is 0 Å². The van der Waals surface area contributed by atoms with Gasteiger partial charge in [0.15, 0.2) is 0 Å². The molecule has 28 heavy (non-hydrogen) atoms. The molecule has 0 bridgehead atoms. The van der Waals surface area contributed by atoms with E-state index in [-0.39, 0.29) is 11.3 Å². The summed E-state index contributed by atoms with van der Waals surface area (Å²) in [6.07, 6.45) is 1.69. The predicted octanol–water partition coefficient (Wildman–Crippen LogP) is 5.72. The van der Waals surface area contributed by atoms with Crippen LogP contribution in [0.3, 0.4) is 0 Å². The van der Waals surface area contributed by atoms with Crippen molar-refractivity contribution >= 4 is 55.9 Å². The number of rotatable bonds is 4. The summed E-state index contributed by atoms with van der Waals surface area (Å²) in [5, 5.41) is 4.80. The van der Waals surface area contributed by atoms with Gasteiger partial charge in [-0.15, -0.1) is 0 Å². The quantitative estimate of drug-likeness (QED) is 0.501. The summed E-state index contributed by atoms with van der Waals surface area (Å²) >= 11 is 16.0. The van der Waals surface area contributed by atoms with Gasteiger partial charge < -0.3 is 15.0 Å². The molecule has 1 amide bonds. The number of hydrogen-bond donors (Lipinski definition) is 2. The third kappa shape index (κ3) is 3.81. The van der Waals surface area contributed by atoms with Gasteiger partial charge >= 0.3 is 0 Å². The number of ether oxygens (including phenoxy) is 1. The van der Waals surface area contributed by atoms with Crippen LogP contribution in [0, 0.1) is 0 Å². The first kappa shape index (κ1) is 19.8. The minimum atomic E-state index is -0.224. The molecule has 2 heterocycles. The van der Waals surface area contributed by atoms with Crippen molar-refractivity contribution in [1.82, 2.24) is 10.3 Å². The lowest BCUT2D eigenvalue weighted by molar-refractivity contribution is 0.0486. The molecular formula is C21H19BrCl2N2O2. The first-order valence-corrected chi connectivity index (χ1v) is 10.6. The molecule has 0 spiro atoms. The maximum absolute atomic E-state index is 12.9. The highest BCUT2D eigenvalue weighted by Gasteiger charge is 2.35. The van der Waals surface area contributed by atoms with E-state index in [1.165, 1.54) is 5.56 Å². The highest BCUT2D eigenvalue weighted by atomic mass is 79.9. The number of carbonyl (C=O) groups is 1. The lowest BCUT2D eigenvalue weighted by Crippen LogP contribution is -2.44. The Kier molecular flexibility index (Phi) is 5.70. The highest BCUT2D eigenvalue weighted by molar-refractivity contribution is 9.10. The number of aromatic nitrogens is 1. The van der Waals surface area contributed by atoms with Crippen LogP contribution in [0.15, 0.2) is 46.9 Å². The molecule has 1 saturated heterocycles. The second-order valence-corrected chi connectivity index (χ2v) is 8.82. The van der Waals surface area contributed by atoms with Gasteiger partial charge in [-0.1, -0.05) is 51.3 Å². The molecule has 4 nitrogen and oxygen atoms in total. The van der Waals surface area contributed by atoms with Gasteiger partial charge in [0.25, 0.3) is 5.91 Å². The fourth-order valence-electron chi connectivity index (χ4n) is 3.77. The summed E-state index contributed by atoms with van der Waals surface area (Å²) in [5.74, 6) is -0.224. The standard InChI is InChI=1S/C21H19BrCl2N2O2/c22-14-3-1-2-13(10-14)21(6-8-28-9-7-21)12-25-20(27)19-18(24)16-11-15(23)4-5-17(16)26-19/h1-5,10-11,26H,6-9,12H2,(H,25,27). The molecule has 1 aromatic heterocycles. The molecule has 146 valence electrons. The third-order valence-electron chi connectivity index (χ3n) is 5.40. The third-order valence-corrected chi connectivity index (χ3v) is 6.52. The molecule has 7 heteroatoms. The Hall–Kier alpha value is -1.53. The summed E-state index contributed by atoms with van der Waals surface area (Å²) in [4.78, 5) is 16.0. The number of hydrogen-bond acceptors (Lipinski definition) is 2. The summed E-state index contributed by atoms with van der Waals surface area (Å²) in [7, 11) is 0. The van der Waals surface area contributed by atoms with E-state index in [1.807, 2.05) is 18.2 Å². The van der Waals surface area contributed by atoms with Crippen LogP contribution < -0.4 is 5.32 Å². The van der Waals surface area contributed by atoms with Crippen molar-refractivity contribution in [2.24, 2.45) is 0 Å². The molecule has 0 saturated carbocycles. The van der Waals surface area contributed by atoms with Crippen molar-refractivity contribution in [3.8, 4) is 0 Å². The molecule has 2 aromatic carbocycles. The van der Waals surface area contributed by atoms with Crippen LogP contribution in [0.1, 0.15) is 28.9 Å². The van der Waals surface area contributed by atoms with Crippen molar-refractivity contribution < 1.29 is 9.53 Å². The van der Waals surface area contributed by atoms with Gasteiger partial charge in [0.1, 0.15) is 5.69 Å². The number of benzene rings is 2. The number of aromatic amines is 1. The Morgan fingerprint density at radius 1 is 1.18 bits per heavy atom. The van der Waals surface area contributed by atoms with E-state index in [9.17, 15) is 4.79 Å². The second kappa shape index (κ2) is 8.07. The Morgan fingerprint density at radius 2 is 1.96 bits per heavy atom. The number of fused-ring (bicyclic) bond motifs is 1. The van der Waals surface area contributed by atoms with E-state index in [2.05, 4.69) is 38.4 Å². The number of nitrogens with one attached hydrogen (secondary N) is 2. The maximum atomic E-state index is 12.9. The molecule has 1 aliphatic heterocycles. The van der Waals surface area contributed by atoms with Crippen LogP contribution in [0.25, 0.3) is 10.9 Å². The lowest BCUT2D eigenvalue weighted by atomic mass is 9.74. The Morgan fingerprint density at radius 3 is 2.71 bits per heavy atom. The molecule has 1 fully saturated rings. The topological polar surface area (TPSA) is 54.1 Å². The van der Waals surface area contributed by atoms with E-state index in [1.54, 1.807) is 12.1 Å². The molecule has 0 radical (unpaired) electrons. The van der Waals surface area contributed by atoms with E-state index in [0.29, 0.717) is 35.5 Å². The largest absolute Gasteiger partial charge is 0.381 e. The fraction of sp³-hybridized carbons (Fsp3) is 0.286. The summed E-state index contributed by atoms with van der Waals surface area (Å²) < 4.78 is 6.60. The number of carbonyl (C=O) groups excluding carboxylic acids is 1. The monoisotopic (exact) mass is 480 g/mol. The number of H-pyrrole nitrogens is 1. The van der Waals surface area contributed by atoms with Crippen molar-refractivity contribution in [3.05, 3.63) is 68.2 Å². The fourth-order valence-corrected chi connectivity index (χ4v) is 4.63. The van der Waals surface area contributed by atoms with Crippen molar-refractivity contribution in [3.63, 3.8) is 0 Å². The smallest absolute Gasteiger partial charge is 0.269 e. The Balaban J connectivity index is 1.59. The number of amides is 1. The van der Waals surface area contributed by atoms with Gasteiger partial charge in [0, 0.05) is 45.6 Å². The summed E-state index contributed by atoms with van der Waals surface area (Å²) in [5.41, 5.74) is 2.17. The van der Waals surface area contributed by atoms with Crippen LogP contribution in [0.4, 0.5) is 0 Å². The highest BCUT2D eigenvalue weighted by Crippen LogP contribution is 2.36. The summed E-state index contributed by atoms with van der Waals surface area (Å²) in [6, 6.07) is 13.6. The van der Waals surface area contributed by atoms with Crippen LogP contribution in [0.2, 0.25) is 10.0 Å². The van der Waals surface area contributed by atoms with Crippen LogP contribution >= 0.6 is 39.1 Å². The maximum Gasteiger partial charge on any atom is 0.269 e. The van der Waals surface area contributed by atoms with E-state index >= 15 is 0 Å². The zero-order chi connectivity index (χ0) is 19.7. The average molecular weight is 482 g/mol. The average Bonchev–Trinajstić information content (AvgIpc) is 3.03.